The average Bonchev–Trinajstić information content (AvgIpc) is 1.51. The van der Waals surface area contributed by atoms with Crippen molar-refractivity contribution >= 4 is 110 Å². The monoisotopic (exact) mass is 1280 g/mol. The molecule has 2 aliphatic carbocycles. The van der Waals surface area contributed by atoms with Gasteiger partial charge < -0.3 is 18.6 Å². The van der Waals surface area contributed by atoms with Crippen LogP contribution in [0.2, 0.25) is 0 Å². The van der Waals surface area contributed by atoms with E-state index < -0.39 is 0 Å². The molecular weight excluding hydrogens is 1190 g/mol. The molecule has 0 amide bonds. The van der Waals surface area contributed by atoms with E-state index in [0.29, 0.717) is 11.8 Å². The minimum absolute atomic E-state index is 0.0371. The van der Waals surface area contributed by atoms with Gasteiger partial charge in [-0.05, 0) is 189 Å². The molecule has 17 rings (SSSR count). The summed E-state index contributed by atoms with van der Waals surface area (Å²) in [5.41, 5.74) is 27.6. The Morgan fingerprint density at radius 1 is 0.286 bits per heavy atom. The number of fused-ring (bicyclic) bond motifs is 12. The maximum atomic E-state index is 2.62. The van der Waals surface area contributed by atoms with E-state index in [4.69, 9.17) is 0 Å². The average molecular weight is 1280 g/mol. The molecule has 4 heterocycles. The highest BCUT2D eigenvalue weighted by molar-refractivity contribution is 6.32. The van der Waals surface area contributed by atoms with Crippen molar-refractivity contribution in [3.05, 3.63) is 252 Å². The Morgan fingerprint density at radius 3 is 0.980 bits per heavy atom. The van der Waals surface area contributed by atoms with Crippen LogP contribution in [0.1, 0.15) is 193 Å². The number of rotatable bonds is 10. The molecule has 4 heteroatoms. The first-order valence-corrected chi connectivity index (χ1v) is 36.8. The Morgan fingerprint density at radius 2 is 0.622 bits per heavy atom. The molecule has 2 fully saturated rings. The van der Waals surface area contributed by atoms with E-state index in [9.17, 15) is 0 Å². The fourth-order valence-corrected chi connectivity index (χ4v) is 17.5. The standard InChI is InChI=1S/C94H94N4/c1-91(2,3)65-39-31-63(32-40-65)75-55-67(93(7,8)9)43-51-81(75)95(69-45-35-61(36-46-69)59-23-15-13-16-24-59)83-53-49-71-77-57-86-78(58-85(77)97-79-29-21-19-27-73(79)87(83)89(71)97)72-50-54-84(88-74-28-20-22-30-80(74)98(86)90(72)88)96(70-47-37-62(38-48-70)60-25-17-14-18-26-60)82-52-44-68(94(10,11)12)56-76(82)64-33-41-66(42-34-64)92(4,5)6/h19-22,27-60H,13-18,23-26H2,1-12H3. The van der Waals surface area contributed by atoms with Gasteiger partial charge in [-0.15, -0.1) is 0 Å². The van der Waals surface area contributed by atoms with Gasteiger partial charge in [-0.1, -0.05) is 255 Å². The van der Waals surface area contributed by atoms with Gasteiger partial charge in [0.15, 0.2) is 0 Å². The van der Waals surface area contributed by atoms with Gasteiger partial charge in [0.05, 0.1) is 55.8 Å². The number of hydrogen-bond donors (Lipinski definition) is 0. The Balaban J connectivity index is 0.898. The maximum Gasteiger partial charge on any atom is 0.0641 e. The Bertz CT molecular complexity index is 5170. The van der Waals surface area contributed by atoms with Crippen LogP contribution in [-0.2, 0) is 21.7 Å². The van der Waals surface area contributed by atoms with Crippen LogP contribution in [0.4, 0.5) is 34.1 Å². The van der Waals surface area contributed by atoms with Gasteiger partial charge in [0, 0.05) is 65.6 Å². The quantitative estimate of drug-likeness (QED) is 0.136. The van der Waals surface area contributed by atoms with E-state index in [1.807, 2.05) is 0 Å². The Kier molecular flexibility index (Phi) is 14.7. The number of para-hydroxylation sites is 2. The highest BCUT2D eigenvalue weighted by Gasteiger charge is 2.32. The lowest BCUT2D eigenvalue weighted by atomic mass is 9.83. The fraction of sp³-hybridized carbons (Fsp3) is 0.298. The summed E-state index contributed by atoms with van der Waals surface area (Å²) in [4.78, 5) is 5.22. The summed E-state index contributed by atoms with van der Waals surface area (Å²) in [6.07, 6.45) is 13.0. The van der Waals surface area contributed by atoms with Crippen LogP contribution >= 0.6 is 0 Å². The lowest BCUT2D eigenvalue weighted by Crippen LogP contribution is -2.15. The van der Waals surface area contributed by atoms with Crippen LogP contribution in [0.5, 0.6) is 0 Å². The summed E-state index contributed by atoms with van der Waals surface area (Å²) in [7, 11) is 0. The van der Waals surface area contributed by atoms with Crippen molar-refractivity contribution in [1.82, 2.24) is 8.80 Å². The molecule has 0 N–H and O–H groups in total. The summed E-state index contributed by atoms with van der Waals surface area (Å²) in [6.45, 7) is 27.9. The van der Waals surface area contributed by atoms with Crippen LogP contribution in [-0.4, -0.2) is 8.80 Å². The normalized spacial score (nSPS) is 15.1. The number of nitrogens with zero attached hydrogens (tertiary/aromatic N) is 4. The van der Waals surface area contributed by atoms with Crippen molar-refractivity contribution < 1.29 is 0 Å². The van der Waals surface area contributed by atoms with Gasteiger partial charge in [0.25, 0.3) is 0 Å². The molecule has 0 spiro atoms. The molecule has 0 radical (unpaired) electrons. The number of benzene rings is 11. The minimum atomic E-state index is -0.0521. The van der Waals surface area contributed by atoms with Crippen molar-refractivity contribution in [3.8, 4) is 22.3 Å². The summed E-state index contributed by atoms with van der Waals surface area (Å²) >= 11 is 0. The molecule has 490 valence electrons. The third-order valence-corrected chi connectivity index (χ3v) is 23.0. The number of anilines is 6. The van der Waals surface area contributed by atoms with Crippen molar-refractivity contribution in [3.63, 3.8) is 0 Å². The zero-order valence-electron chi connectivity index (χ0n) is 59.8. The topological polar surface area (TPSA) is 15.3 Å². The van der Waals surface area contributed by atoms with Gasteiger partial charge in [0.1, 0.15) is 0 Å². The van der Waals surface area contributed by atoms with E-state index in [1.165, 1.54) is 230 Å². The van der Waals surface area contributed by atoms with Gasteiger partial charge in [0.2, 0.25) is 0 Å². The Labute approximate surface area is 580 Å². The predicted molar refractivity (Wildman–Crippen MR) is 422 cm³/mol. The second-order valence-corrected chi connectivity index (χ2v) is 33.4. The largest absolute Gasteiger partial charge is 0.309 e. The first-order chi connectivity index (χ1) is 47.2. The number of hydrogen-bond acceptors (Lipinski definition) is 2. The number of aromatic nitrogens is 2. The smallest absolute Gasteiger partial charge is 0.0641 e. The van der Waals surface area contributed by atoms with Gasteiger partial charge in [-0.3, -0.25) is 0 Å². The highest BCUT2D eigenvalue weighted by atomic mass is 15.2. The molecule has 4 aromatic heterocycles. The molecule has 0 aliphatic heterocycles. The second kappa shape index (κ2) is 23.1. The summed E-state index contributed by atoms with van der Waals surface area (Å²) in [5, 5.41) is 10.1. The summed E-state index contributed by atoms with van der Waals surface area (Å²) in [5.74, 6) is 1.22. The first-order valence-electron chi connectivity index (χ1n) is 36.8. The van der Waals surface area contributed by atoms with Gasteiger partial charge in [-0.25, -0.2) is 0 Å². The van der Waals surface area contributed by atoms with Crippen molar-refractivity contribution in [2.75, 3.05) is 9.80 Å². The maximum absolute atomic E-state index is 2.62. The predicted octanol–water partition coefficient (Wildman–Crippen LogP) is 27.5. The highest BCUT2D eigenvalue weighted by Crippen LogP contribution is 2.54. The van der Waals surface area contributed by atoms with Gasteiger partial charge in [-0.2, -0.15) is 0 Å². The van der Waals surface area contributed by atoms with E-state index in [-0.39, 0.29) is 21.7 Å². The molecular formula is C94H94N4. The molecule has 2 saturated carbocycles. The third-order valence-electron chi connectivity index (χ3n) is 23.0. The van der Waals surface area contributed by atoms with E-state index in [1.54, 1.807) is 0 Å². The molecule has 0 atom stereocenters. The molecule has 0 saturated heterocycles. The van der Waals surface area contributed by atoms with E-state index in [2.05, 4.69) is 320 Å². The van der Waals surface area contributed by atoms with E-state index >= 15 is 0 Å². The SMILES string of the molecule is CC(C)(C)c1ccc(-c2cc(C(C)(C)C)ccc2N(c2ccc(C3CCCCC3)cc2)c2ccc3c4cc5c(cc4n4c6ccccc6c2c34)c2ccc(N(c3ccc(C4CCCCC4)cc3)c3ccc(C(C)(C)C)cc3-c3ccc(C(C)(C)C)cc3)c3c4ccccc4n5c23)cc1. The first kappa shape index (κ1) is 62.2. The molecule has 2 aliphatic rings. The van der Waals surface area contributed by atoms with Crippen LogP contribution in [0.15, 0.2) is 218 Å². The van der Waals surface area contributed by atoms with Crippen LogP contribution < -0.4 is 9.80 Å². The molecule has 0 bridgehead atoms. The second-order valence-electron chi connectivity index (χ2n) is 33.4. The van der Waals surface area contributed by atoms with E-state index in [0.717, 1.165) is 0 Å². The van der Waals surface area contributed by atoms with Crippen molar-refractivity contribution in [2.24, 2.45) is 0 Å². The third kappa shape index (κ3) is 10.3. The van der Waals surface area contributed by atoms with Crippen LogP contribution in [0, 0.1) is 0 Å². The van der Waals surface area contributed by atoms with Crippen LogP contribution in [0.3, 0.4) is 0 Å². The lowest BCUT2D eigenvalue weighted by molar-refractivity contribution is 0.443. The van der Waals surface area contributed by atoms with Crippen molar-refractivity contribution in [2.45, 2.75) is 181 Å². The lowest BCUT2D eigenvalue weighted by Gasteiger charge is -2.31. The molecule has 4 nitrogen and oxygen atoms in total. The van der Waals surface area contributed by atoms with Crippen LogP contribution in [0.25, 0.3) is 98.4 Å². The summed E-state index contributed by atoms with van der Waals surface area (Å²) < 4.78 is 5.23. The summed E-state index contributed by atoms with van der Waals surface area (Å²) in [6, 6.07) is 86.3. The molecule has 15 aromatic rings. The molecule has 11 aromatic carbocycles. The Hall–Kier alpha value is -9.38. The minimum Gasteiger partial charge on any atom is -0.309 e. The molecule has 0 unspecified atom stereocenters. The van der Waals surface area contributed by atoms with Crippen molar-refractivity contribution in [1.29, 1.82) is 0 Å². The molecule has 98 heavy (non-hydrogen) atoms. The zero-order valence-corrected chi connectivity index (χ0v) is 59.8. The zero-order chi connectivity index (χ0) is 67.3. The fourth-order valence-electron chi connectivity index (χ4n) is 17.5. The van der Waals surface area contributed by atoms with Gasteiger partial charge >= 0.3 is 0 Å².